The van der Waals surface area contributed by atoms with Gasteiger partial charge in [0.15, 0.2) is 5.82 Å². The van der Waals surface area contributed by atoms with Crippen LogP contribution in [0.15, 0.2) is 24.5 Å². The first-order valence-corrected chi connectivity index (χ1v) is 9.71. The fourth-order valence-electron chi connectivity index (χ4n) is 3.37. The molecule has 152 valence electrons. The average Bonchev–Trinajstić information content (AvgIpc) is 3.29. The third-order valence-corrected chi connectivity index (χ3v) is 4.65. The number of nitrogens with two attached hydrogens (primary N) is 1. The molecule has 6 nitrogen and oxygen atoms in total. The molecule has 0 spiro atoms. The Balaban J connectivity index is 1.96. The van der Waals surface area contributed by atoms with Crippen molar-refractivity contribution in [2.45, 2.75) is 71.6 Å². The first-order chi connectivity index (χ1) is 13.0. The quantitative estimate of drug-likeness (QED) is 0.757. The zero-order valence-electron chi connectivity index (χ0n) is 17.2. The number of hydrogen-bond acceptors (Lipinski definition) is 5. The lowest BCUT2D eigenvalue weighted by Crippen LogP contribution is -2.49. The molecule has 0 radical (unpaired) electrons. The van der Waals surface area contributed by atoms with Crippen LogP contribution < -0.4 is 5.73 Å². The molecule has 1 fully saturated rings. The summed E-state index contributed by atoms with van der Waals surface area (Å²) in [5.74, 6) is -0.728. The van der Waals surface area contributed by atoms with Crippen LogP contribution in [0.4, 0.5) is 4.39 Å². The second-order valence-corrected chi connectivity index (χ2v) is 9.14. The monoisotopic (exact) mass is 388 g/mol. The van der Waals surface area contributed by atoms with Gasteiger partial charge in [0.1, 0.15) is 17.7 Å². The van der Waals surface area contributed by atoms with Crippen LogP contribution in [0.2, 0.25) is 0 Å². The van der Waals surface area contributed by atoms with Crippen LogP contribution in [0.3, 0.4) is 0 Å². The highest BCUT2D eigenvalue weighted by Gasteiger charge is 2.43. The summed E-state index contributed by atoms with van der Waals surface area (Å²) in [5.41, 5.74) is 5.28. The van der Waals surface area contributed by atoms with Crippen molar-refractivity contribution in [3.63, 3.8) is 0 Å². The Morgan fingerprint density at radius 3 is 2.57 bits per heavy atom. The third-order valence-electron chi connectivity index (χ3n) is 4.65. The molecule has 1 atom stereocenters. The summed E-state index contributed by atoms with van der Waals surface area (Å²) < 4.78 is 22.3. The maximum absolute atomic E-state index is 15.1. The van der Waals surface area contributed by atoms with E-state index in [0.717, 1.165) is 12.8 Å². The maximum Gasteiger partial charge on any atom is 0.331 e. The van der Waals surface area contributed by atoms with Crippen LogP contribution in [0.1, 0.15) is 65.5 Å². The molecule has 28 heavy (non-hydrogen) atoms. The van der Waals surface area contributed by atoms with Crippen molar-refractivity contribution in [3.8, 4) is 11.4 Å². The van der Waals surface area contributed by atoms with E-state index in [1.807, 2.05) is 25.5 Å². The minimum Gasteiger partial charge on any atom is -0.461 e. The van der Waals surface area contributed by atoms with Gasteiger partial charge in [-0.05, 0) is 44.6 Å². The van der Waals surface area contributed by atoms with Crippen LogP contribution in [0, 0.1) is 11.2 Å². The number of rotatable bonds is 6. The van der Waals surface area contributed by atoms with Gasteiger partial charge in [-0.15, -0.1) is 0 Å². The van der Waals surface area contributed by atoms with Gasteiger partial charge in [0.05, 0.1) is 12.1 Å². The molecule has 3 rings (SSSR count). The molecule has 2 N–H and O–H groups in total. The Morgan fingerprint density at radius 1 is 1.36 bits per heavy atom. The molecule has 1 aromatic heterocycles. The van der Waals surface area contributed by atoms with Gasteiger partial charge >= 0.3 is 5.97 Å². The van der Waals surface area contributed by atoms with Crippen molar-refractivity contribution < 1.29 is 13.9 Å². The number of halogens is 1. The van der Waals surface area contributed by atoms with Crippen LogP contribution in [0.25, 0.3) is 11.4 Å². The van der Waals surface area contributed by atoms with E-state index in [4.69, 9.17) is 10.5 Å². The first-order valence-electron chi connectivity index (χ1n) is 9.71. The normalized spacial score (nSPS) is 16.9. The van der Waals surface area contributed by atoms with E-state index in [-0.39, 0.29) is 23.5 Å². The number of aromatic nitrogens is 3. The van der Waals surface area contributed by atoms with E-state index < -0.39 is 17.3 Å². The Hall–Kier alpha value is -2.28. The van der Waals surface area contributed by atoms with E-state index in [1.165, 1.54) is 6.07 Å². The van der Waals surface area contributed by atoms with Crippen molar-refractivity contribution in [3.05, 3.63) is 35.9 Å². The molecule has 0 unspecified atom stereocenters. The fraction of sp³-hybridized carbons (Fsp3) is 0.571. The molecule has 1 aromatic carbocycles. The lowest BCUT2D eigenvalue weighted by molar-refractivity contribution is -0.156. The highest BCUT2D eigenvalue weighted by molar-refractivity contribution is 5.83. The summed E-state index contributed by atoms with van der Waals surface area (Å²) in [6, 6.07) is 5.00. The summed E-state index contributed by atoms with van der Waals surface area (Å²) >= 11 is 0. The number of carbonyl (C=O) groups excluding carboxylic acids is 1. The van der Waals surface area contributed by atoms with E-state index in [1.54, 1.807) is 32.3 Å². The van der Waals surface area contributed by atoms with Gasteiger partial charge in [-0.3, -0.25) is 0 Å². The number of ether oxygens (including phenoxy) is 1. The number of esters is 1. The number of nitrogens with zero attached hydrogens (tertiary/aromatic N) is 3. The lowest BCUT2D eigenvalue weighted by Gasteiger charge is -2.34. The van der Waals surface area contributed by atoms with Crippen LogP contribution in [-0.4, -0.2) is 26.8 Å². The Morgan fingerprint density at radius 2 is 2.04 bits per heavy atom. The van der Waals surface area contributed by atoms with Gasteiger partial charge in [-0.25, -0.2) is 18.9 Å². The van der Waals surface area contributed by atoms with Crippen molar-refractivity contribution >= 4 is 5.97 Å². The minimum absolute atomic E-state index is 0.124. The topological polar surface area (TPSA) is 83.0 Å². The van der Waals surface area contributed by atoms with Crippen LogP contribution >= 0.6 is 0 Å². The average molecular weight is 388 g/mol. The number of carbonyl (C=O) groups is 1. The summed E-state index contributed by atoms with van der Waals surface area (Å²) in [6.07, 6.45) is 3.77. The number of hydrogen-bond donors (Lipinski definition) is 1. The predicted molar refractivity (Wildman–Crippen MR) is 105 cm³/mol. The zero-order chi connectivity index (χ0) is 20.7. The Kier molecular flexibility index (Phi) is 5.32. The first kappa shape index (κ1) is 20.5. The second kappa shape index (κ2) is 7.28. The zero-order valence-corrected chi connectivity index (χ0v) is 17.2. The van der Waals surface area contributed by atoms with Gasteiger partial charge in [0.25, 0.3) is 0 Å². The summed E-state index contributed by atoms with van der Waals surface area (Å²) in [6.45, 7) is 9.36. The molecule has 1 saturated carbocycles. The van der Waals surface area contributed by atoms with E-state index in [0.29, 0.717) is 17.4 Å². The predicted octanol–water partition coefficient (Wildman–Crippen LogP) is 3.96. The molecular formula is C21H29FN4O2. The van der Waals surface area contributed by atoms with Crippen molar-refractivity contribution in [2.24, 2.45) is 11.1 Å². The smallest absolute Gasteiger partial charge is 0.331 e. The van der Waals surface area contributed by atoms with Gasteiger partial charge < -0.3 is 10.5 Å². The van der Waals surface area contributed by atoms with Gasteiger partial charge in [0.2, 0.25) is 0 Å². The highest BCUT2D eigenvalue weighted by Crippen LogP contribution is 2.37. The molecule has 0 amide bonds. The summed E-state index contributed by atoms with van der Waals surface area (Å²) in [5, 5.41) is 4.43. The van der Waals surface area contributed by atoms with Crippen molar-refractivity contribution in [1.29, 1.82) is 0 Å². The fourth-order valence-corrected chi connectivity index (χ4v) is 3.37. The van der Waals surface area contributed by atoms with E-state index in [2.05, 4.69) is 10.1 Å². The molecular weight excluding hydrogens is 359 g/mol. The van der Waals surface area contributed by atoms with Crippen molar-refractivity contribution in [2.75, 3.05) is 0 Å². The van der Waals surface area contributed by atoms with Crippen LogP contribution in [0.5, 0.6) is 0 Å². The molecule has 0 aliphatic heterocycles. The maximum atomic E-state index is 15.1. The van der Waals surface area contributed by atoms with Gasteiger partial charge in [0, 0.05) is 11.1 Å². The molecule has 0 saturated heterocycles. The molecule has 7 heteroatoms. The molecule has 2 aromatic rings. The molecule has 1 aliphatic carbocycles. The van der Waals surface area contributed by atoms with Crippen molar-refractivity contribution in [1.82, 2.24) is 14.8 Å². The Bertz CT molecular complexity index is 868. The highest BCUT2D eigenvalue weighted by atomic mass is 19.1. The minimum atomic E-state index is -1.58. The Labute approximate surface area is 165 Å². The summed E-state index contributed by atoms with van der Waals surface area (Å²) in [4.78, 5) is 17.1. The standard InChI is InChI=1S/C21H29FN4O2/c1-13(2)28-19(27)21(23,11-20(3,4)5)16-9-6-14(10-17(16)22)18-24-12-26(25-18)15-7-8-15/h6,9-10,12-13,15H,7-8,11,23H2,1-5H3/t21-/m1/s1. The SMILES string of the molecule is CC(C)OC(=O)[C@@](N)(CC(C)(C)C)c1ccc(-c2ncn(C3CC3)n2)cc1F. The largest absolute Gasteiger partial charge is 0.461 e. The van der Waals surface area contributed by atoms with Gasteiger partial charge in [-0.2, -0.15) is 5.10 Å². The molecule has 0 bridgehead atoms. The summed E-state index contributed by atoms with van der Waals surface area (Å²) in [7, 11) is 0. The molecule has 1 heterocycles. The van der Waals surface area contributed by atoms with Crippen LogP contribution in [-0.2, 0) is 15.1 Å². The molecule has 1 aliphatic rings. The lowest BCUT2D eigenvalue weighted by atomic mass is 9.76. The second-order valence-electron chi connectivity index (χ2n) is 9.14. The van der Waals surface area contributed by atoms with Gasteiger partial charge in [-0.1, -0.05) is 32.9 Å². The van der Waals surface area contributed by atoms with E-state index in [9.17, 15) is 4.79 Å². The third kappa shape index (κ3) is 4.41. The van der Waals surface area contributed by atoms with E-state index >= 15 is 4.39 Å². The number of benzene rings is 1.